The zero-order valence-electron chi connectivity index (χ0n) is 20.4. The van der Waals surface area contributed by atoms with Crippen molar-refractivity contribution < 1.29 is 0 Å². The lowest BCUT2D eigenvalue weighted by Gasteiger charge is -2.11. The molecule has 5 heterocycles. The van der Waals surface area contributed by atoms with Gasteiger partial charge in [0.2, 0.25) is 0 Å². The molecule has 0 saturated heterocycles. The molecule has 0 aliphatic rings. The number of benzene rings is 3. The van der Waals surface area contributed by atoms with E-state index < -0.39 is 0 Å². The highest BCUT2D eigenvalue weighted by Crippen LogP contribution is 2.37. The van der Waals surface area contributed by atoms with Crippen LogP contribution in [0.3, 0.4) is 0 Å². The number of pyridine rings is 3. The maximum atomic E-state index is 5.08. The molecule has 0 aliphatic heterocycles. The zero-order valence-corrected chi connectivity index (χ0v) is 20.4. The Morgan fingerprint density at radius 1 is 0.605 bits per heavy atom. The van der Waals surface area contributed by atoms with Crippen molar-refractivity contribution in [2.75, 3.05) is 0 Å². The summed E-state index contributed by atoms with van der Waals surface area (Å²) in [5.74, 6) is 0. The maximum absolute atomic E-state index is 5.08. The molecule has 0 amide bonds. The summed E-state index contributed by atoms with van der Waals surface area (Å²) in [6.45, 7) is 0. The van der Waals surface area contributed by atoms with Gasteiger partial charge in [-0.2, -0.15) is 0 Å². The summed E-state index contributed by atoms with van der Waals surface area (Å²) in [4.78, 5) is 14.7. The van der Waals surface area contributed by atoms with Crippen molar-refractivity contribution in [3.05, 3.63) is 128 Å². The van der Waals surface area contributed by atoms with Crippen LogP contribution in [0.5, 0.6) is 0 Å². The molecule has 8 aromatic rings. The van der Waals surface area contributed by atoms with Gasteiger partial charge < -0.3 is 0 Å². The lowest BCUT2D eigenvalue weighted by molar-refractivity contribution is 1.19. The molecule has 3 aromatic carbocycles. The van der Waals surface area contributed by atoms with Crippen LogP contribution in [-0.4, -0.2) is 23.8 Å². The summed E-state index contributed by atoms with van der Waals surface area (Å²) in [6, 6.07) is 39.8. The van der Waals surface area contributed by atoms with Gasteiger partial charge in [0.1, 0.15) is 17.0 Å². The minimum Gasteiger partial charge on any atom is -0.299 e. The van der Waals surface area contributed by atoms with Crippen molar-refractivity contribution >= 4 is 33.2 Å². The Labute approximate surface area is 218 Å². The molecule has 5 aromatic heterocycles. The first-order valence-electron chi connectivity index (χ1n) is 12.6. The van der Waals surface area contributed by atoms with Crippen molar-refractivity contribution in [1.82, 2.24) is 23.8 Å². The first kappa shape index (κ1) is 20.9. The molecular weight excluding hydrogens is 466 g/mol. The van der Waals surface area contributed by atoms with Crippen LogP contribution in [0.15, 0.2) is 128 Å². The van der Waals surface area contributed by atoms with Crippen LogP contribution in [0, 0.1) is 0 Å². The summed E-state index contributed by atoms with van der Waals surface area (Å²) in [5, 5.41) is 1.17. The van der Waals surface area contributed by atoms with E-state index in [1.54, 1.807) is 0 Å². The summed E-state index contributed by atoms with van der Waals surface area (Å²) in [6.07, 6.45) is 3.88. The molecular formula is C33H21N5. The number of fused-ring (bicyclic) bond motifs is 6. The van der Waals surface area contributed by atoms with Crippen molar-refractivity contribution in [3.63, 3.8) is 0 Å². The topological polar surface area (TPSA) is 47.5 Å². The Morgan fingerprint density at radius 2 is 1.42 bits per heavy atom. The number of rotatable bonds is 3. The van der Waals surface area contributed by atoms with Gasteiger partial charge in [0, 0.05) is 23.5 Å². The van der Waals surface area contributed by atoms with E-state index in [2.05, 4.69) is 92.8 Å². The molecule has 0 spiro atoms. The Morgan fingerprint density at radius 3 is 2.34 bits per heavy atom. The Bertz CT molecular complexity index is 2140. The molecule has 5 nitrogen and oxygen atoms in total. The molecule has 5 heteroatoms. The fraction of sp³-hybridized carbons (Fsp3) is 0. The van der Waals surface area contributed by atoms with Crippen LogP contribution < -0.4 is 0 Å². The Hall–Kier alpha value is -5.29. The van der Waals surface area contributed by atoms with Gasteiger partial charge in [-0.15, -0.1) is 0 Å². The number of aromatic nitrogens is 5. The lowest BCUT2D eigenvalue weighted by atomic mass is 9.99. The molecule has 0 atom stereocenters. The molecule has 0 fully saturated rings. The number of imidazole rings is 2. The van der Waals surface area contributed by atoms with Gasteiger partial charge >= 0.3 is 0 Å². The third-order valence-electron chi connectivity index (χ3n) is 7.16. The van der Waals surface area contributed by atoms with E-state index in [0.717, 1.165) is 61.6 Å². The summed E-state index contributed by atoms with van der Waals surface area (Å²) in [7, 11) is 0. The van der Waals surface area contributed by atoms with Crippen molar-refractivity contribution in [2.45, 2.75) is 0 Å². The summed E-state index contributed by atoms with van der Waals surface area (Å²) in [5.41, 5.74) is 11.1. The largest absolute Gasteiger partial charge is 0.299 e. The average Bonchev–Trinajstić information content (AvgIpc) is 3.57. The maximum Gasteiger partial charge on any atom is 0.146 e. The van der Waals surface area contributed by atoms with Gasteiger partial charge in [-0.25, -0.2) is 9.97 Å². The summed E-state index contributed by atoms with van der Waals surface area (Å²) >= 11 is 0. The van der Waals surface area contributed by atoms with E-state index >= 15 is 0 Å². The number of hydrogen-bond acceptors (Lipinski definition) is 3. The van der Waals surface area contributed by atoms with Crippen molar-refractivity contribution in [1.29, 1.82) is 0 Å². The van der Waals surface area contributed by atoms with Crippen LogP contribution in [0.1, 0.15) is 0 Å². The average molecular weight is 488 g/mol. The Kier molecular flexibility index (Phi) is 4.45. The van der Waals surface area contributed by atoms with Gasteiger partial charge in [-0.05, 0) is 65.5 Å². The molecule has 178 valence electrons. The van der Waals surface area contributed by atoms with E-state index in [0.29, 0.717) is 0 Å². The van der Waals surface area contributed by atoms with Gasteiger partial charge in [0.25, 0.3) is 0 Å². The number of hydrogen-bond donors (Lipinski definition) is 0. The minimum atomic E-state index is 0.851. The second kappa shape index (κ2) is 8.11. The van der Waals surface area contributed by atoms with Gasteiger partial charge in [0.15, 0.2) is 0 Å². The lowest BCUT2D eigenvalue weighted by Crippen LogP contribution is -1.94. The van der Waals surface area contributed by atoms with E-state index in [1.165, 1.54) is 5.39 Å². The predicted octanol–water partition coefficient (Wildman–Crippen LogP) is 7.68. The second-order valence-electron chi connectivity index (χ2n) is 9.41. The molecule has 0 N–H and O–H groups in total. The predicted molar refractivity (Wildman–Crippen MR) is 153 cm³/mol. The minimum absolute atomic E-state index is 0.851. The van der Waals surface area contributed by atoms with Crippen LogP contribution >= 0.6 is 0 Å². The third-order valence-corrected chi connectivity index (χ3v) is 7.16. The second-order valence-corrected chi connectivity index (χ2v) is 9.41. The molecule has 0 aliphatic carbocycles. The Balaban J connectivity index is 1.42. The van der Waals surface area contributed by atoms with E-state index in [4.69, 9.17) is 9.97 Å². The van der Waals surface area contributed by atoms with Crippen molar-refractivity contribution in [3.8, 4) is 33.8 Å². The molecule has 38 heavy (non-hydrogen) atoms. The quantitative estimate of drug-likeness (QED) is 0.257. The van der Waals surface area contributed by atoms with Crippen LogP contribution in [0.4, 0.5) is 0 Å². The monoisotopic (exact) mass is 487 g/mol. The van der Waals surface area contributed by atoms with E-state index in [9.17, 15) is 0 Å². The molecule has 0 radical (unpaired) electrons. The molecule has 0 bridgehead atoms. The SMILES string of the molecule is c1ccc(-c2nc3ccccn3c2-c2cccc(-c3cc4ccccc4n4c3nc3ccccc34)c2)nc1. The van der Waals surface area contributed by atoms with E-state index in [1.807, 2.05) is 48.7 Å². The molecule has 0 unspecified atom stereocenters. The zero-order chi connectivity index (χ0) is 25.1. The highest BCUT2D eigenvalue weighted by atomic mass is 15.0. The smallest absolute Gasteiger partial charge is 0.146 e. The molecule has 8 rings (SSSR count). The van der Waals surface area contributed by atoms with E-state index in [-0.39, 0.29) is 0 Å². The van der Waals surface area contributed by atoms with Gasteiger partial charge in [-0.1, -0.05) is 60.7 Å². The van der Waals surface area contributed by atoms with Gasteiger partial charge in [-0.3, -0.25) is 13.8 Å². The van der Waals surface area contributed by atoms with Crippen LogP contribution in [0.2, 0.25) is 0 Å². The fourth-order valence-electron chi connectivity index (χ4n) is 5.48. The van der Waals surface area contributed by atoms with Crippen LogP contribution in [-0.2, 0) is 0 Å². The van der Waals surface area contributed by atoms with Crippen molar-refractivity contribution in [2.24, 2.45) is 0 Å². The highest BCUT2D eigenvalue weighted by Gasteiger charge is 2.19. The number of para-hydroxylation sites is 3. The standard InChI is InChI=1S/C33H21N5/c1-3-15-28-23(10-1)21-25(33-35-26-13-2-4-16-29(26)38(28)33)22-11-9-12-24(20-22)32-31(27-14-5-7-18-34-27)36-30-17-6-8-19-37(30)32/h1-21H. The van der Waals surface area contributed by atoms with Gasteiger partial charge in [0.05, 0.1) is 27.9 Å². The number of nitrogens with zero attached hydrogens (tertiary/aromatic N) is 5. The normalized spacial score (nSPS) is 11.7. The first-order chi connectivity index (χ1) is 18.8. The third kappa shape index (κ3) is 3.09. The summed E-state index contributed by atoms with van der Waals surface area (Å²) < 4.78 is 4.42. The first-order valence-corrected chi connectivity index (χ1v) is 12.6. The fourth-order valence-corrected chi connectivity index (χ4v) is 5.48. The van der Waals surface area contributed by atoms with Crippen LogP contribution in [0.25, 0.3) is 67.0 Å². The molecule has 0 saturated carbocycles. The highest BCUT2D eigenvalue weighted by molar-refractivity contribution is 5.98.